The van der Waals surface area contributed by atoms with Gasteiger partial charge in [-0.05, 0) is 30.5 Å². The molecule has 0 aliphatic heterocycles. The highest BCUT2D eigenvalue weighted by Crippen LogP contribution is 2.08. The zero-order valence-electron chi connectivity index (χ0n) is 10.6. The number of carbonyl (C=O) groups is 1. The Morgan fingerprint density at radius 2 is 2.05 bits per heavy atom. The van der Waals surface area contributed by atoms with Gasteiger partial charge in [0.1, 0.15) is 0 Å². The third-order valence-electron chi connectivity index (χ3n) is 2.52. The number of hydrogen-bond acceptors (Lipinski definition) is 4. The Bertz CT molecular complexity index is 529. The van der Waals surface area contributed by atoms with Crippen LogP contribution in [0.15, 0.2) is 24.3 Å². The lowest BCUT2D eigenvalue weighted by Crippen LogP contribution is -2.27. The third-order valence-corrected chi connectivity index (χ3v) is 3.38. The van der Waals surface area contributed by atoms with Gasteiger partial charge in [0, 0.05) is 18.7 Å². The van der Waals surface area contributed by atoms with Crippen LogP contribution in [0.3, 0.4) is 0 Å². The Kier molecular flexibility index (Phi) is 5.78. The van der Waals surface area contributed by atoms with Crippen molar-refractivity contribution in [1.29, 1.82) is 0 Å². The fraction of sp³-hybridized carbons (Fsp3) is 0.417. The van der Waals surface area contributed by atoms with Gasteiger partial charge in [0.15, 0.2) is 0 Å². The summed E-state index contributed by atoms with van der Waals surface area (Å²) in [6.45, 7) is 0.312. The number of amides is 1. The fourth-order valence-corrected chi connectivity index (χ4v) is 2.14. The van der Waals surface area contributed by atoms with E-state index in [4.69, 9.17) is 10.9 Å². The zero-order valence-corrected chi connectivity index (χ0v) is 11.4. The molecule has 5 N–H and O–H groups in total. The molecule has 0 aliphatic rings. The van der Waals surface area contributed by atoms with Crippen molar-refractivity contribution in [3.05, 3.63) is 29.8 Å². The summed E-state index contributed by atoms with van der Waals surface area (Å²) in [6.07, 6.45) is 1.27. The van der Waals surface area contributed by atoms with Crippen LogP contribution in [-0.4, -0.2) is 26.6 Å². The largest absolute Gasteiger partial charge is 0.399 e. The molecular formula is C12H19N3O3S. The first-order valence-corrected chi connectivity index (χ1v) is 7.70. The fourth-order valence-electron chi connectivity index (χ4n) is 1.60. The third kappa shape index (κ3) is 7.43. The van der Waals surface area contributed by atoms with Crippen molar-refractivity contribution in [1.82, 2.24) is 5.32 Å². The van der Waals surface area contributed by atoms with Crippen LogP contribution < -0.4 is 16.2 Å². The topological polar surface area (TPSA) is 115 Å². The second kappa shape index (κ2) is 7.10. The maximum absolute atomic E-state index is 11.5. The first kappa shape index (κ1) is 15.5. The Labute approximate surface area is 113 Å². The molecule has 0 atom stereocenters. The minimum absolute atomic E-state index is 0.114. The lowest BCUT2D eigenvalue weighted by Gasteiger charge is -2.05. The molecule has 0 aromatic heterocycles. The predicted molar refractivity (Wildman–Crippen MR) is 74.8 cm³/mol. The SMILES string of the molecule is Nc1cccc(CCC(=O)NCCCS(N)(=O)=O)c1. The number of aryl methyl sites for hydroxylation is 1. The summed E-state index contributed by atoms with van der Waals surface area (Å²) in [7, 11) is -3.45. The van der Waals surface area contributed by atoms with E-state index in [1.54, 1.807) is 6.07 Å². The van der Waals surface area contributed by atoms with Crippen LogP contribution in [0.2, 0.25) is 0 Å². The summed E-state index contributed by atoms with van der Waals surface area (Å²) in [5.74, 6) is -0.237. The van der Waals surface area contributed by atoms with Crippen molar-refractivity contribution < 1.29 is 13.2 Å². The number of carbonyl (C=O) groups excluding carboxylic acids is 1. The molecule has 1 aromatic carbocycles. The van der Waals surface area contributed by atoms with E-state index in [0.29, 0.717) is 31.5 Å². The molecule has 0 heterocycles. The van der Waals surface area contributed by atoms with Crippen molar-refractivity contribution >= 4 is 21.6 Å². The highest BCUT2D eigenvalue weighted by atomic mass is 32.2. The lowest BCUT2D eigenvalue weighted by atomic mass is 10.1. The quantitative estimate of drug-likeness (QED) is 0.483. The summed E-state index contributed by atoms with van der Waals surface area (Å²) < 4.78 is 21.3. The normalized spacial score (nSPS) is 11.2. The molecule has 1 aromatic rings. The Morgan fingerprint density at radius 3 is 2.68 bits per heavy atom. The second-order valence-corrected chi connectivity index (χ2v) is 6.05. The first-order chi connectivity index (χ1) is 8.87. The van der Waals surface area contributed by atoms with E-state index >= 15 is 0 Å². The molecule has 0 saturated heterocycles. The summed E-state index contributed by atoms with van der Waals surface area (Å²) in [5, 5.41) is 7.50. The minimum atomic E-state index is -3.45. The first-order valence-electron chi connectivity index (χ1n) is 5.98. The summed E-state index contributed by atoms with van der Waals surface area (Å²) >= 11 is 0. The van der Waals surface area contributed by atoms with Crippen molar-refractivity contribution in [3.63, 3.8) is 0 Å². The number of nitrogens with one attached hydrogen (secondary N) is 1. The maximum Gasteiger partial charge on any atom is 0.220 e. The van der Waals surface area contributed by atoms with E-state index in [1.165, 1.54) is 0 Å². The minimum Gasteiger partial charge on any atom is -0.399 e. The molecular weight excluding hydrogens is 266 g/mol. The number of anilines is 1. The van der Waals surface area contributed by atoms with E-state index < -0.39 is 10.0 Å². The van der Waals surface area contributed by atoms with Crippen LogP contribution >= 0.6 is 0 Å². The van der Waals surface area contributed by atoms with Crippen molar-refractivity contribution in [2.45, 2.75) is 19.3 Å². The van der Waals surface area contributed by atoms with Gasteiger partial charge in [-0.3, -0.25) is 4.79 Å². The average molecular weight is 285 g/mol. The standard InChI is InChI=1S/C12H19N3O3S/c13-11-4-1-3-10(9-11)5-6-12(16)15-7-2-8-19(14,17)18/h1,3-4,9H,2,5-8,13H2,(H,15,16)(H2,14,17,18). The van der Waals surface area contributed by atoms with Crippen LogP contribution in [-0.2, 0) is 21.2 Å². The summed E-state index contributed by atoms with van der Waals surface area (Å²) in [4.78, 5) is 11.5. The lowest BCUT2D eigenvalue weighted by molar-refractivity contribution is -0.121. The maximum atomic E-state index is 11.5. The Morgan fingerprint density at radius 1 is 1.32 bits per heavy atom. The van der Waals surface area contributed by atoms with Crippen molar-refractivity contribution in [2.75, 3.05) is 18.0 Å². The highest BCUT2D eigenvalue weighted by Gasteiger charge is 2.04. The number of sulfonamides is 1. The Hall–Kier alpha value is -1.60. The molecule has 0 fully saturated rings. The van der Waals surface area contributed by atoms with Gasteiger partial charge in [-0.25, -0.2) is 13.6 Å². The molecule has 0 saturated carbocycles. The molecule has 0 bridgehead atoms. The highest BCUT2D eigenvalue weighted by molar-refractivity contribution is 7.89. The number of nitrogens with two attached hydrogens (primary N) is 2. The molecule has 19 heavy (non-hydrogen) atoms. The second-order valence-electron chi connectivity index (χ2n) is 4.32. The van der Waals surface area contributed by atoms with Crippen LogP contribution in [0.1, 0.15) is 18.4 Å². The molecule has 1 rings (SSSR count). The van der Waals surface area contributed by atoms with Gasteiger partial charge in [-0.1, -0.05) is 12.1 Å². The van der Waals surface area contributed by atoms with Crippen LogP contribution in [0.4, 0.5) is 5.69 Å². The zero-order chi connectivity index (χ0) is 14.3. The number of benzene rings is 1. The number of rotatable bonds is 7. The molecule has 106 valence electrons. The number of primary sulfonamides is 1. The van der Waals surface area contributed by atoms with E-state index in [-0.39, 0.29) is 11.7 Å². The van der Waals surface area contributed by atoms with E-state index in [1.807, 2.05) is 18.2 Å². The molecule has 0 radical (unpaired) electrons. The summed E-state index contributed by atoms with van der Waals surface area (Å²) in [6, 6.07) is 7.37. The van der Waals surface area contributed by atoms with Crippen LogP contribution in [0, 0.1) is 0 Å². The van der Waals surface area contributed by atoms with Gasteiger partial charge >= 0.3 is 0 Å². The van der Waals surface area contributed by atoms with Gasteiger partial charge < -0.3 is 11.1 Å². The van der Waals surface area contributed by atoms with Crippen molar-refractivity contribution in [3.8, 4) is 0 Å². The Balaban J connectivity index is 2.21. The number of hydrogen-bond donors (Lipinski definition) is 3. The van der Waals surface area contributed by atoms with E-state index in [0.717, 1.165) is 5.56 Å². The van der Waals surface area contributed by atoms with Gasteiger partial charge in [-0.2, -0.15) is 0 Å². The van der Waals surface area contributed by atoms with Crippen molar-refractivity contribution in [2.24, 2.45) is 5.14 Å². The molecule has 6 nitrogen and oxygen atoms in total. The van der Waals surface area contributed by atoms with Gasteiger partial charge in [-0.15, -0.1) is 0 Å². The smallest absolute Gasteiger partial charge is 0.220 e. The molecule has 0 spiro atoms. The molecule has 1 amide bonds. The van der Waals surface area contributed by atoms with Crippen LogP contribution in [0.5, 0.6) is 0 Å². The van der Waals surface area contributed by atoms with Gasteiger partial charge in [0.25, 0.3) is 0 Å². The summed E-state index contributed by atoms with van der Waals surface area (Å²) in [5.41, 5.74) is 7.31. The monoisotopic (exact) mass is 285 g/mol. The van der Waals surface area contributed by atoms with Crippen LogP contribution in [0.25, 0.3) is 0 Å². The molecule has 0 unspecified atom stereocenters. The van der Waals surface area contributed by atoms with E-state index in [2.05, 4.69) is 5.32 Å². The van der Waals surface area contributed by atoms with Gasteiger partial charge in [0.2, 0.25) is 15.9 Å². The molecule has 0 aliphatic carbocycles. The van der Waals surface area contributed by atoms with E-state index in [9.17, 15) is 13.2 Å². The van der Waals surface area contributed by atoms with Gasteiger partial charge in [0.05, 0.1) is 5.75 Å². The molecule has 7 heteroatoms. The predicted octanol–water partition coefficient (Wildman–Crippen LogP) is -0.00380. The average Bonchev–Trinajstić information content (AvgIpc) is 2.31. The number of nitrogen functional groups attached to an aromatic ring is 1.